The Kier molecular flexibility index (Phi) is 3.99. The van der Waals surface area contributed by atoms with Gasteiger partial charge < -0.3 is 16.2 Å². The number of aromatic nitrogens is 2. The van der Waals surface area contributed by atoms with Crippen LogP contribution < -0.4 is 11.5 Å². The van der Waals surface area contributed by atoms with Crippen molar-refractivity contribution in [2.24, 2.45) is 0 Å². The maximum Gasteiger partial charge on any atom is 0.342 e. The molecule has 6 nitrogen and oxygen atoms in total. The van der Waals surface area contributed by atoms with Gasteiger partial charge in [-0.2, -0.15) is 0 Å². The second kappa shape index (κ2) is 6.10. The normalized spacial score (nSPS) is 10.7. The van der Waals surface area contributed by atoms with Crippen LogP contribution in [0.4, 0.5) is 11.5 Å². The van der Waals surface area contributed by atoms with E-state index in [1.54, 1.807) is 18.2 Å². The topological polar surface area (TPSA) is 104 Å². The van der Waals surface area contributed by atoms with Crippen molar-refractivity contribution >= 4 is 40.0 Å². The van der Waals surface area contributed by atoms with Gasteiger partial charge >= 0.3 is 5.97 Å². The number of nitrogen functional groups attached to an aromatic ring is 2. The van der Waals surface area contributed by atoms with Crippen molar-refractivity contribution in [3.8, 4) is 0 Å². The maximum atomic E-state index is 12.1. The molecule has 2 aromatic carbocycles. The van der Waals surface area contributed by atoms with E-state index < -0.39 is 5.97 Å². The minimum atomic E-state index is -0.636. The minimum absolute atomic E-state index is 0.126. The van der Waals surface area contributed by atoms with Crippen molar-refractivity contribution in [1.82, 2.24) is 9.97 Å². The zero-order valence-electron chi connectivity index (χ0n) is 12.0. The van der Waals surface area contributed by atoms with Crippen molar-refractivity contribution in [3.63, 3.8) is 0 Å². The average Bonchev–Trinajstić information content (AvgIpc) is 2.53. The van der Waals surface area contributed by atoms with E-state index >= 15 is 0 Å². The number of hydrogen-bond acceptors (Lipinski definition) is 6. The Balaban J connectivity index is 1.82. The van der Waals surface area contributed by atoms with Crippen LogP contribution in [0.25, 0.3) is 10.9 Å². The summed E-state index contributed by atoms with van der Waals surface area (Å²) in [6.07, 6.45) is 0. The lowest BCUT2D eigenvalue weighted by Gasteiger charge is -2.09. The van der Waals surface area contributed by atoms with Crippen LogP contribution in [0, 0.1) is 0 Å². The van der Waals surface area contributed by atoms with Crippen molar-refractivity contribution in [1.29, 1.82) is 0 Å². The molecule has 23 heavy (non-hydrogen) atoms. The van der Waals surface area contributed by atoms with Crippen LogP contribution >= 0.6 is 11.6 Å². The number of esters is 1. The van der Waals surface area contributed by atoms with Gasteiger partial charge in [-0.3, -0.25) is 0 Å². The number of benzene rings is 2. The molecule has 3 rings (SSSR count). The van der Waals surface area contributed by atoms with Crippen LogP contribution in [0.2, 0.25) is 5.02 Å². The number of carbonyl (C=O) groups excluding carboxylic acids is 1. The number of anilines is 2. The Bertz CT molecular complexity index is 878. The van der Waals surface area contributed by atoms with Gasteiger partial charge in [0.2, 0.25) is 0 Å². The van der Waals surface area contributed by atoms with E-state index in [4.69, 9.17) is 27.8 Å². The van der Waals surface area contributed by atoms with Crippen LogP contribution in [0.5, 0.6) is 0 Å². The molecule has 1 heterocycles. The fourth-order valence-corrected chi connectivity index (χ4v) is 2.43. The number of carbonyl (C=O) groups is 1. The maximum absolute atomic E-state index is 12.1. The molecule has 0 aliphatic rings. The molecule has 0 atom stereocenters. The zero-order valence-corrected chi connectivity index (χ0v) is 12.7. The summed E-state index contributed by atoms with van der Waals surface area (Å²) in [6.45, 7) is -0.126. The third-order valence-corrected chi connectivity index (χ3v) is 3.58. The van der Waals surface area contributed by atoms with Gasteiger partial charge in [0.25, 0.3) is 0 Å². The first-order valence-electron chi connectivity index (χ1n) is 6.78. The molecule has 0 bridgehead atoms. The Morgan fingerprint density at radius 3 is 2.65 bits per heavy atom. The lowest BCUT2D eigenvalue weighted by Crippen LogP contribution is -2.11. The number of hydrogen-bond donors (Lipinski definition) is 2. The summed E-state index contributed by atoms with van der Waals surface area (Å²) < 4.78 is 5.20. The molecule has 0 aliphatic heterocycles. The monoisotopic (exact) mass is 328 g/mol. The molecule has 4 N–H and O–H groups in total. The molecule has 116 valence electrons. The van der Waals surface area contributed by atoms with Gasteiger partial charge in [-0.05, 0) is 24.3 Å². The van der Waals surface area contributed by atoms with Crippen molar-refractivity contribution in [3.05, 3.63) is 58.9 Å². The fourth-order valence-electron chi connectivity index (χ4n) is 2.17. The molecule has 0 spiro atoms. The molecular formula is C16H13ClN4O2. The largest absolute Gasteiger partial charge is 0.454 e. The summed E-state index contributed by atoms with van der Waals surface area (Å²) in [4.78, 5) is 20.6. The van der Waals surface area contributed by atoms with Gasteiger partial charge in [-0.25, -0.2) is 14.8 Å². The molecule has 0 unspecified atom stereocenters. The standard InChI is InChI=1S/C16H13ClN4O2/c17-10-5-3-6-11(18)14(10)16(22)23-8-13-20-12-7-2-1-4-9(12)15(19)21-13/h1-7H,8,18H2,(H2,19,20,21). The minimum Gasteiger partial charge on any atom is -0.454 e. The highest BCUT2D eigenvalue weighted by molar-refractivity contribution is 6.34. The van der Waals surface area contributed by atoms with Gasteiger partial charge in [0.15, 0.2) is 12.4 Å². The van der Waals surface area contributed by atoms with Gasteiger partial charge in [-0.15, -0.1) is 0 Å². The summed E-state index contributed by atoms with van der Waals surface area (Å²) in [5.74, 6) is 0.00233. The molecule has 3 aromatic rings. The predicted molar refractivity (Wildman–Crippen MR) is 88.9 cm³/mol. The molecule has 0 amide bonds. The number of fused-ring (bicyclic) bond motifs is 1. The average molecular weight is 329 g/mol. The van der Waals surface area contributed by atoms with Crippen molar-refractivity contribution in [2.75, 3.05) is 11.5 Å². The van der Waals surface area contributed by atoms with E-state index in [2.05, 4.69) is 9.97 Å². The van der Waals surface area contributed by atoms with Crippen LogP contribution in [-0.2, 0) is 11.3 Å². The number of rotatable bonds is 3. The number of nitrogens with two attached hydrogens (primary N) is 2. The van der Waals surface area contributed by atoms with E-state index in [-0.39, 0.29) is 22.9 Å². The van der Waals surface area contributed by atoms with E-state index in [0.717, 1.165) is 5.39 Å². The number of halogens is 1. The van der Waals surface area contributed by atoms with Crippen LogP contribution in [0.1, 0.15) is 16.2 Å². The highest BCUT2D eigenvalue weighted by Gasteiger charge is 2.16. The summed E-state index contributed by atoms with van der Waals surface area (Å²) >= 11 is 5.98. The SMILES string of the molecule is Nc1cccc(Cl)c1C(=O)OCc1nc(N)c2ccccc2n1. The Hall–Kier alpha value is -2.86. The third-order valence-electron chi connectivity index (χ3n) is 3.26. The highest BCUT2D eigenvalue weighted by Crippen LogP contribution is 2.23. The van der Waals surface area contributed by atoms with Crippen LogP contribution in [0.3, 0.4) is 0 Å². The lowest BCUT2D eigenvalue weighted by atomic mass is 10.2. The quantitative estimate of drug-likeness (QED) is 0.566. The summed E-state index contributed by atoms with van der Waals surface area (Å²) in [5, 5.41) is 0.979. The number of para-hydroxylation sites is 1. The first-order chi connectivity index (χ1) is 11.1. The molecule has 7 heteroatoms. The van der Waals surface area contributed by atoms with Crippen molar-refractivity contribution < 1.29 is 9.53 Å². The van der Waals surface area contributed by atoms with Gasteiger partial charge in [0.1, 0.15) is 11.4 Å². The molecule has 0 saturated carbocycles. The van der Waals surface area contributed by atoms with E-state index in [0.29, 0.717) is 17.2 Å². The molecular weight excluding hydrogens is 316 g/mol. The molecule has 0 saturated heterocycles. The van der Waals surface area contributed by atoms with Gasteiger partial charge in [0.05, 0.1) is 10.5 Å². The first-order valence-corrected chi connectivity index (χ1v) is 7.16. The van der Waals surface area contributed by atoms with Crippen LogP contribution in [0.15, 0.2) is 42.5 Å². The predicted octanol–water partition coefficient (Wildman–Crippen LogP) is 2.80. The molecule has 0 aliphatic carbocycles. The van der Waals surface area contributed by atoms with Gasteiger partial charge in [0, 0.05) is 11.1 Å². The molecule has 0 radical (unpaired) electrons. The van der Waals surface area contributed by atoms with Gasteiger partial charge in [-0.1, -0.05) is 29.8 Å². The number of ether oxygens (including phenoxy) is 1. The Morgan fingerprint density at radius 1 is 1.09 bits per heavy atom. The summed E-state index contributed by atoms with van der Waals surface area (Å²) in [6, 6.07) is 12.1. The second-order valence-corrected chi connectivity index (χ2v) is 5.23. The smallest absolute Gasteiger partial charge is 0.342 e. The molecule has 0 fully saturated rings. The second-order valence-electron chi connectivity index (χ2n) is 4.82. The van der Waals surface area contributed by atoms with E-state index in [9.17, 15) is 4.79 Å². The summed E-state index contributed by atoms with van der Waals surface area (Å²) in [7, 11) is 0. The Labute approximate surface area is 137 Å². The Morgan fingerprint density at radius 2 is 1.87 bits per heavy atom. The van der Waals surface area contributed by atoms with E-state index in [1.165, 1.54) is 0 Å². The van der Waals surface area contributed by atoms with E-state index in [1.807, 2.05) is 24.3 Å². The third kappa shape index (κ3) is 3.02. The molecule has 1 aromatic heterocycles. The first kappa shape index (κ1) is 15.1. The zero-order chi connectivity index (χ0) is 16.4. The number of nitrogens with zero attached hydrogens (tertiary/aromatic N) is 2. The van der Waals surface area contributed by atoms with Crippen LogP contribution in [-0.4, -0.2) is 15.9 Å². The fraction of sp³-hybridized carbons (Fsp3) is 0.0625. The summed E-state index contributed by atoms with van der Waals surface area (Å²) in [5.41, 5.74) is 12.7. The lowest BCUT2D eigenvalue weighted by molar-refractivity contribution is 0.0464. The highest BCUT2D eigenvalue weighted by atomic mass is 35.5. The van der Waals surface area contributed by atoms with Crippen molar-refractivity contribution in [2.45, 2.75) is 6.61 Å².